The number of anilines is 2. The summed E-state index contributed by atoms with van der Waals surface area (Å²) in [6, 6.07) is 23.5. The fraction of sp³-hybridized carbons (Fsp3) is 0.194. The summed E-state index contributed by atoms with van der Waals surface area (Å²) in [5.41, 5.74) is 5.91. The molecule has 9 heteroatoms. The number of hydrogen-bond donors (Lipinski definition) is 0. The van der Waals surface area contributed by atoms with E-state index in [1.54, 1.807) is 23.2 Å². The molecule has 0 spiro atoms. The first-order valence-corrected chi connectivity index (χ1v) is 15.4. The van der Waals surface area contributed by atoms with Crippen LogP contribution in [0.15, 0.2) is 90.0 Å². The third-order valence-corrected chi connectivity index (χ3v) is 10.1. The first-order chi connectivity index (χ1) is 19.3. The molecule has 3 heterocycles. The van der Waals surface area contributed by atoms with E-state index in [9.17, 15) is 13.2 Å². The summed E-state index contributed by atoms with van der Waals surface area (Å²) in [6.07, 6.45) is 3.31. The van der Waals surface area contributed by atoms with Crippen LogP contribution in [0.5, 0.6) is 0 Å². The SMILES string of the molecule is Cc1cc(C)c2sc(N(Cc3ccccn3)C(=O)c3ccc(S(=O)(=O)N4CCCc5ccccc54)cc3)nc2c1. The van der Waals surface area contributed by atoms with Crippen molar-refractivity contribution in [2.24, 2.45) is 0 Å². The second-order valence-electron chi connectivity index (χ2n) is 9.97. The lowest BCUT2D eigenvalue weighted by molar-refractivity contribution is 0.0984. The van der Waals surface area contributed by atoms with E-state index < -0.39 is 10.0 Å². The van der Waals surface area contributed by atoms with Gasteiger partial charge in [0.1, 0.15) is 0 Å². The van der Waals surface area contributed by atoms with E-state index in [2.05, 4.69) is 11.1 Å². The Hall–Kier alpha value is -4.08. The largest absolute Gasteiger partial charge is 0.278 e. The molecule has 1 aliphatic heterocycles. The minimum atomic E-state index is -3.78. The fourth-order valence-electron chi connectivity index (χ4n) is 5.16. The molecule has 40 heavy (non-hydrogen) atoms. The van der Waals surface area contributed by atoms with Crippen LogP contribution in [0, 0.1) is 13.8 Å². The van der Waals surface area contributed by atoms with Crippen LogP contribution in [0.1, 0.15) is 39.2 Å². The molecule has 0 saturated carbocycles. The average Bonchev–Trinajstić information content (AvgIpc) is 3.40. The molecule has 7 nitrogen and oxygen atoms in total. The van der Waals surface area contributed by atoms with Crippen molar-refractivity contribution < 1.29 is 13.2 Å². The fourth-order valence-corrected chi connectivity index (χ4v) is 7.72. The van der Waals surface area contributed by atoms with E-state index in [1.807, 2.05) is 62.4 Å². The summed E-state index contributed by atoms with van der Waals surface area (Å²) >= 11 is 1.47. The molecule has 0 aliphatic carbocycles. The molecule has 0 radical (unpaired) electrons. The van der Waals surface area contributed by atoms with Gasteiger partial charge in [-0.3, -0.25) is 19.0 Å². The molecule has 2 aromatic heterocycles. The molecule has 202 valence electrons. The minimum absolute atomic E-state index is 0.156. The Morgan fingerprint density at radius 2 is 1.77 bits per heavy atom. The van der Waals surface area contributed by atoms with E-state index in [0.717, 1.165) is 51.1 Å². The van der Waals surface area contributed by atoms with Crippen molar-refractivity contribution in [3.05, 3.63) is 113 Å². The van der Waals surface area contributed by atoms with Crippen molar-refractivity contribution >= 4 is 48.3 Å². The Kier molecular flexibility index (Phi) is 6.85. The zero-order chi connectivity index (χ0) is 27.9. The van der Waals surface area contributed by atoms with Gasteiger partial charge in [0.25, 0.3) is 15.9 Å². The van der Waals surface area contributed by atoms with Crippen molar-refractivity contribution in [1.29, 1.82) is 0 Å². The summed E-state index contributed by atoms with van der Waals surface area (Å²) in [5.74, 6) is -0.272. The Bertz CT molecular complexity index is 1820. The third-order valence-electron chi connectivity index (χ3n) is 7.09. The van der Waals surface area contributed by atoms with Gasteiger partial charge in [-0.2, -0.15) is 0 Å². The molecule has 6 rings (SSSR count). The van der Waals surface area contributed by atoms with Gasteiger partial charge in [0.2, 0.25) is 0 Å². The van der Waals surface area contributed by atoms with Crippen LogP contribution in [0.2, 0.25) is 0 Å². The van der Waals surface area contributed by atoms with Crippen molar-refractivity contribution in [2.45, 2.75) is 38.1 Å². The van der Waals surface area contributed by atoms with Gasteiger partial charge in [-0.15, -0.1) is 0 Å². The van der Waals surface area contributed by atoms with Crippen molar-refractivity contribution in [1.82, 2.24) is 9.97 Å². The van der Waals surface area contributed by atoms with Crippen LogP contribution in [-0.4, -0.2) is 30.8 Å². The summed E-state index contributed by atoms with van der Waals surface area (Å²) in [7, 11) is -3.78. The van der Waals surface area contributed by atoms with Crippen LogP contribution < -0.4 is 9.21 Å². The number of rotatable bonds is 6. The number of nitrogens with zero attached hydrogens (tertiary/aromatic N) is 4. The second-order valence-corrected chi connectivity index (χ2v) is 12.8. The zero-order valence-electron chi connectivity index (χ0n) is 22.2. The van der Waals surface area contributed by atoms with Crippen LogP contribution in [0.3, 0.4) is 0 Å². The lowest BCUT2D eigenvalue weighted by Crippen LogP contribution is -2.35. The molecule has 0 unspecified atom stereocenters. The van der Waals surface area contributed by atoms with Crippen molar-refractivity contribution in [3.63, 3.8) is 0 Å². The predicted octanol–water partition coefficient (Wildman–Crippen LogP) is 6.30. The Balaban J connectivity index is 1.34. The number of thiazole rings is 1. The van der Waals surface area contributed by atoms with Gasteiger partial charge in [-0.25, -0.2) is 13.4 Å². The van der Waals surface area contributed by atoms with Gasteiger partial charge >= 0.3 is 0 Å². The Morgan fingerprint density at radius 1 is 1.00 bits per heavy atom. The number of carbonyl (C=O) groups excluding carboxylic acids is 1. The van der Waals surface area contributed by atoms with E-state index in [0.29, 0.717) is 17.2 Å². The number of carbonyl (C=O) groups is 1. The molecule has 5 aromatic rings. The number of aryl methyl sites for hydroxylation is 3. The molecule has 1 amide bonds. The molecule has 0 N–H and O–H groups in total. The molecular formula is C31H28N4O3S2. The highest BCUT2D eigenvalue weighted by Crippen LogP contribution is 2.34. The average molecular weight is 569 g/mol. The zero-order valence-corrected chi connectivity index (χ0v) is 23.9. The lowest BCUT2D eigenvalue weighted by atomic mass is 10.0. The van der Waals surface area contributed by atoms with E-state index in [4.69, 9.17) is 4.98 Å². The quantitative estimate of drug-likeness (QED) is 0.240. The molecule has 3 aromatic carbocycles. The van der Waals surface area contributed by atoms with E-state index in [1.165, 1.54) is 27.8 Å². The number of pyridine rings is 1. The van der Waals surface area contributed by atoms with Crippen LogP contribution >= 0.6 is 11.3 Å². The number of sulfonamides is 1. The minimum Gasteiger partial charge on any atom is -0.278 e. The molecule has 1 aliphatic rings. The maximum absolute atomic E-state index is 13.9. The number of para-hydroxylation sites is 1. The summed E-state index contributed by atoms with van der Waals surface area (Å²) in [6.45, 7) is 4.74. The van der Waals surface area contributed by atoms with Crippen molar-refractivity contribution in [3.8, 4) is 0 Å². The number of fused-ring (bicyclic) bond motifs is 2. The van der Waals surface area contributed by atoms with Crippen LogP contribution in [0.25, 0.3) is 10.2 Å². The Morgan fingerprint density at radius 3 is 2.55 bits per heavy atom. The topological polar surface area (TPSA) is 83.5 Å². The molecular weight excluding hydrogens is 541 g/mol. The summed E-state index contributed by atoms with van der Waals surface area (Å²) in [5, 5.41) is 0.570. The van der Waals surface area contributed by atoms with Gasteiger partial charge < -0.3 is 0 Å². The highest BCUT2D eigenvalue weighted by molar-refractivity contribution is 7.92. The maximum Gasteiger partial charge on any atom is 0.264 e. The number of amides is 1. The van der Waals surface area contributed by atoms with Gasteiger partial charge in [-0.1, -0.05) is 41.7 Å². The third kappa shape index (κ3) is 4.87. The first-order valence-electron chi connectivity index (χ1n) is 13.1. The van der Waals surface area contributed by atoms with Crippen molar-refractivity contribution in [2.75, 3.05) is 15.7 Å². The second kappa shape index (κ2) is 10.5. The monoisotopic (exact) mass is 568 g/mol. The van der Waals surface area contributed by atoms with Crippen LogP contribution in [-0.2, 0) is 23.0 Å². The molecule has 0 bridgehead atoms. The number of aromatic nitrogens is 2. The molecule has 0 atom stereocenters. The van der Waals surface area contributed by atoms with Crippen LogP contribution in [0.4, 0.5) is 10.8 Å². The lowest BCUT2D eigenvalue weighted by Gasteiger charge is -2.30. The maximum atomic E-state index is 13.9. The number of benzene rings is 3. The Labute approximate surface area is 237 Å². The smallest absolute Gasteiger partial charge is 0.264 e. The first kappa shape index (κ1) is 26.2. The normalized spacial score (nSPS) is 13.3. The van der Waals surface area contributed by atoms with Gasteiger partial charge in [0.05, 0.1) is 33.0 Å². The number of hydrogen-bond acceptors (Lipinski definition) is 6. The van der Waals surface area contributed by atoms with Gasteiger partial charge in [-0.05, 0) is 91.9 Å². The molecule has 0 saturated heterocycles. The highest BCUT2D eigenvalue weighted by atomic mass is 32.2. The van der Waals surface area contributed by atoms with E-state index in [-0.39, 0.29) is 17.3 Å². The van der Waals surface area contributed by atoms with E-state index >= 15 is 0 Å². The highest BCUT2D eigenvalue weighted by Gasteiger charge is 2.29. The standard InChI is InChI=1S/C31H28N4O3S2/c1-21-18-22(2)29-27(19-21)33-31(39-29)34(20-25-10-5-6-16-32-25)30(36)24-12-14-26(15-13-24)40(37,38)35-17-7-9-23-8-3-4-11-28(23)35/h3-6,8,10-16,18-19H,7,9,17,20H2,1-2H3. The summed E-state index contributed by atoms with van der Waals surface area (Å²) in [4.78, 5) is 24.9. The molecule has 0 fully saturated rings. The summed E-state index contributed by atoms with van der Waals surface area (Å²) < 4.78 is 29.7. The van der Waals surface area contributed by atoms with Gasteiger partial charge in [0.15, 0.2) is 5.13 Å². The predicted molar refractivity (Wildman–Crippen MR) is 160 cm³/mol. The van der Waals surface area contributed by atoms with Gasteiger partial charge in [0, 0.05) is 18.3 Å².